The van der Waals surface area contributed by atoms with E-state index in [9.17, 15) is 8.42 Å². The van der Waals surface area contributed by atoms with Gasteiger partial charge in [0.25, 0.3) is 5.89 Å². The summed E-state index contributed by atoms with van der Waals surface area (Å²) in [4.78, 5) is 4.67. The van der Waals surface area contributed by atoms with Crippen LogP contribution in [0.15, 0.2) is 33.7 Å². The van der Waals surface area contributed by atoms with Crippen molar-refractivity contribution in [3.8, 4) is 11.5 Å². The summed E-state index contributed by atoms with van der Waals surface area (Å²) in [5.74, 6) is 0.803. The van der Waals surface area contributed by atoms with Crippen LogP contribution in [0.5, 0.6) is 0 Å². The largest absolute Gasteiger partial charge is 0.334 e. The monoisotopic (exact) mass is 412 g/mol. The number of hydrogen-bond acceptors (Lipinski definition) is 6. The van der Waals surface area contributed by atoms with Gasteiger partial charge in [-0.3, -0.25) is 0 Å². The van der Waals surface area contributed by atoms with Crippen molar-refractivity contribution in [1.82, 2.24) is 14.4 Å². The van der Waals surface area contributed by atoms with Crippen molar-refractivity contribution in [3.63, 3.8) is 0 Å². The van der Waals surface area contributed by atoms with Crippen molar-refractivity contribution in [2.75, 3.05) is 6.54 Å². The Kier molecular flexibility index (Phi) is 5.63. The van der Waals surface area contributed by atoms with Crippen molar-refractivity contribution >= 4 is 22.4 Å². The van der Waals surface area contributed by atoms with Crippen LogP contribution in [-0.2, 0) is 15.6 Å². The Balaban J connectivity index is 0.00000210. The molecule has 1 atom stereocenters. The van der Waals surface area contributed by atoms with E-state index in [-0.39, 0.29) is 23.3 Å². The summed E-state index contributed by atoms with van der Waals surface area (Å²) in [7, 11) is -3.54. The summed E-state index contributed by atoms with van der Waals surface area (Å²) in [5, 5.41) is 4.01. The summed E-state index contributed by atoms with van der Waals surface area (Å²) < 4.78 is 33.0. The molecular weight excluding hydrogens is 388 g/mol. The molecule has 1 aliphatic heterocycles. The molecule has 2 heterocycles. The zero-order chi connectivity index (χ0) is 18.4. The van der Waals surface area contributed by atoms with Gasteiger partial charge in [-0.25, -0.2) is 8.42 Å². The Hall–Kier alpha value is -1.48. The van der Waals surface area contributed by atoms with Gasteiger partial charge in [-0.05, 0) is 57.2 Å². The Morgan fingerprint density at radius 3 is 2.70 bits per heavy atom. The highest BCUT2D eigenvalue weighted by Crippen LogP contribution is 2.38. The first-order valence-electron chi connectivity index (χ1n) is 9.15. The van der Waals surface area contributed by atoms with Crippen molar-refractivity contribution in [2.24, 2.45) is 5.73 Å². The molecule has 0 bridgehead atoms. The summed E-state index contributed by atoms with van der Waals surface area (Å²) >= 11 is 0. The molecule has 0 spiro atoms. The number of benzene rings is 1. The number of piperidine rings is 1. The SMILES string of the molecule is CC1CCCCN1S(=O)(=O)c1cccc(-c2nc(C3(N)CCC3)no2)c1.Cl. The Morgan fingerprint density at radius 2 is 2.04 bits per heavy atom. The molecule has 2 N–H and O–H groups in total. The van der Waals surface area contributed by atoms with Gasteiger partial charge in [-0.15, -0.1) is 12.4 Å². The van der Waals surface area contributed by atoms with E-state index in [0.717, 1.165) is 38.5 Å². The maximum Gasteiger partial charge on any atom is 0.258 e. The maximum atomic E-state index is 13.0. The smallest absolute Gasteiger partial charge is 0.258 e. The van der Waals surface area contributed by atoms with Crippen molar-refractivity contribution < 1.29 is 12.9 Å². The van der Waals surface area contributed by atoms with Crippen LogP contribution in [0, 0.1) is 0 Å². The van der Waals surface area contributed by atoms with Crippen LogP contribution in [0.3, 0.4) is 0 Å². The lowest BCUT2D eigenvalue weighted by Crippen LogP contribution is -2.44. The molecular formula is C18H25ClN4O3S. The van der Waals surface area contributed by atoms with Crippen LogP contribution >= 0.6 is 12.4 Å². The highest BCUT2D eigenvalue weighted by Gasteiger charge is 2.39. The average molecular weight is 413 g/mol. The third kappa shape index (κ3) is 3.63. The van der Waals surface area contributed by atoms with Crippen molar-refractivity contribution in [2.45, 2.75) is 61.9 Å². The van der Waals surface area contributed by atoms with Gasteiger partial charge < -0.3 is 10.3 Å². The first-order chi connectivity index (χ1) is 12.4. The molecule has 27 heavy (non-hydrogen) atoms. The van der Waals surface area contributed by atoms with E-state index < -0.39 is 15.6 Å². The van der Waals surface area contributed by atoms with Gasteiger partial charge in [0.15, 0.2) is 5.82 Å². The first kappa shape index (κ1) is 20.3. The predicted octanol–water partition coefficient (Wildman–Crippen LogP) is 3.06. The first-order valence-corrected chi connectivity index (χ1v) is 10.6. The van der Waals surface area contributed by atoms with Gasteiger partial charge in [-0.2, -0.15) is 9.29 Å². The number of hydrogen-bond donors (Lipinski definition) is 1. The number of sulfonamides is 1. The normalized spacial score (nSPS) is 22.7. The molecule has 7 nitrogen and oxygen atoms in total. The molecule has 1 saturated carbocycles. The Bertz CT molecular complexity index is 911. The van der Waals surface area contributed by atoms with E-state index in [4.69, 9.17) is 10.3 Å². The lowest BCUT2D eigenvalue weighted by Gasteiger charge is -2.34. The molecule has 1 aromatic heterocycles. The standard InChI is InChI=1S/C18H24N4O3S.ClH/c1-13-6-2-3-11-22(13)26(23,24)15-8-4-7-14(12-15)16-20-17(21-25-16)18(19)9-5-10-18;/h4,7-8,12-13H,2-3,5-6,9-11,19H2,1H3;1H. The quantitative estimate of drug-likeness (QED) is 0.827. The maximum absolute atomic E-state index is 13.0. The molecule has 1 aliphatic carbocycles. The van der Waals surface area contributed by atoms with Crippen LogP contribution in [0.1, 0.15) is 51.3 Å². The highest BCUT2D eigenvalue weighted by atomic mass is 35.5. The molecule has 4 rings (SSSR count). The number of nitrogens with zero attached hydrogens (tertiary/aromatic N) is 3. The van der Waals surface area contributed by atoms with E-state index >= 15 is 0 Å². The lowest BCUT2D eigenvalue weighted by molar-refractivity contribution is 0.229. The fraction of sp³-hybridized carbons (Fsp3) is 0.556. The minimum Gasteiger partial charge on any atom is -0.334 e. The average Bonchev–Trinajstić information content (AvgIpc) is 3.10. The van der Waals surface area contributed by atoms with Crippen LogP contribution in [0.25, 0.3) is 11.5 Å². The molecule has 9 heteroatoms. The fourth-order valence-corrected chi connectivity index (χ4v) is 5.42. The zero-order valence-electron chi connectivity index (χ0n) is 15.3. The highest BCUT2D eigenvalue weighted by molar-refractivity contribution is 7.89. The minimum absolute atomic E-state index is 0. The molecule has 0 radical (unpaired) electrons. The number of halogens is 1. The zero-order valence-corrected chi connectivity index (χ0v) is 16.9. The van der Waals surface area contributed by atoms with E-state index in [2.05, 4.69) is 10.1 Å². The molecule has 148 valence electrons. The van der Waals surface area contributed by atoms with Gasteiger partial charge in [0.1, 0.15) is 0 Å². The molecule has 2 fully saturated rings. The predicted molar refractivity (Wildman–Crippen MR) is 104 cm³/mol. The molecule has 0 amide bonds. The summed E-state index contributed by atoms with van der Waals surface area (Å²) in [6, 6.07) is 6.73. The number of rotatable bonds is 4. The second kappa shape index (κ2) is 7.50. The van der Waals surface area contributed by atoms with E-state index in [0.29, 0.717) is 23.8 Å². The van der Waals surface area contributed by atoms with Crippen molar-refractivity contribution in [1.29, 1.82) is 0 Å². The molecule has 1 unspecified atom stereocenters. The van der Waals surface area contributed by atoms with Gasteiger partial charge in [-0.1, -0.05) is 17.6 Å². The summed E-state index contributed by atoms with van der Waals surface area (Å²) in [6.45, 7) is 2.53. The van der Waals surface area contributed by atoms with Gasteiger partial charge in [0.05, 0.1) is 10.4 Å². The van der Waals surface area contributed by atoms with E-state index in [1.54, 1.807) is 28.6 Å². The Labute approximate surface area is 165 Å². The van der Waals surface area contributed by atoms with Crippen LogP contribution in [0.4, 0.5) is 0 Å². The molecule has 2 aromatic rings. The van der Waals surface area contributed by atoms with Crippen molar-refractivity contribution in [3.05, 3.63) is 30.1 Å². The molecule has 1 aromatic carbocycles. The second-order valence-corrected chi connectivity index (χ2v) is 9.31. The second-order valence-electron chi connectivity index (χ2n) is 7.42. The summed E-state index contributed by atoms with van der Waals surface area (Å²) in [5.41, 5.74) is 6.33. The Morgan fingerprint density at radius 1 is 1.26 bits per heavy atom. The number of aromatic nitrogens is 2. The van der Waals surface area contributed by atoms with Gasteiger partial charge in [0.2, 0.25) is 10.0 Å². The topological polar surface area (TPSA) is 102 Å². The van der Waals surface area contributed by atoms with Crippen LogP contribution in [-0.4, -0.2) is 35.5 Å². The van der Waals surface area contributed by atoms with Gasteiger partial charge >= 0.3 is 0 Å². The van der Waals surface area contributed by atoms with Crippen LogP contribution in [0.2, 0.25) is 0 Å². The third-order valence-electron chi connectivity index (χ3n) is 5.55. The van der Waals surface area contributed by atoms with E-state index in [1.165, 1.54) is 0 Å². The van der Waals surface area contributed by atoms with E-state index in [1.807, 2.05) is 6.92 Å². The van der Waals surface area contributed by atoms with Gasteiger partial charge in [0, 0.05) is 18.2 Å². The lowest BCUT2D eigenvalue weighted by atomic mass is 9.77. The minimum atomic E-state index is -3.54. The molecule has 2 aliphatic rings. The summed E-state index contributed by atoms with van der Waals surface area (Å²) in [6.07, 6.45) is 5.60. The molecule has 1 saturated heterocycles. The van der Waals surface area contributed by atoms with Crippen LogP contribution < -0.4 is 5.73 Å². The third-order valence-corrected chi connectivity index (χ3v) is 7.56. The fourth-order valence-electron chi connectivity index (χ4n) is 3.68. The number of nitrogens with two attached hydrogens (primary N) is 1.